The lowest BCUT2D eigenvalue weighted by Gasteiger charge is -2.17. The molecule has 0 aliphatic heterocycles. The van der Waals surface area contributed by atoms with E-state index >= 15 is 0 Å². The van der Waals surface area contributed by atoms with E-state index in [1.165, 1.54) is 24.8 Å². The summed E-state index contributed by atoms with van der Waals surface area (Å²) >= 11 is 1.42. The second-order valence-corrected chi connectivity index (χ2v) is 5.15. The van der Waals surface area contributed by atoms with Crippen LogP contribution in [0.25, 0.3) is 0 Å². The molecule has 0 amide bonds. The van der Waals surface area contributed by atoms with E-state index in [9.17, 15) is 9.18 Å². The molecule has 0 bridgehead atoms. The summed E-state index contributed by atoms with van der Waals surface area (Å²) in [5, 5.41) is 0. The van der Waals surface area contributed by atoms with Crippen molar-refractivity contribution in [2.24, 2.45) is 0 Å². The van der Waals surface area contributed by atoms with Crippen LogP contribution < -0.4 is 0 Å². The van der Waals surface area contributed by atoms with Crippen molar-refractivity contribution in [2.75, 3.05) is 25.4 Å². The lowest BCUT2D eigenvalue weighted by Crippen LogP contribution is -2.25. The Morgan fingerprint density at radius 3 is 2.56 bits per heavy atom. The minimum absolute atomic E-state index is 0.0835. The third-order valence-electron chi connectivity index (χ3n) is 2.89. The highest BCUT2D eigenvalue weighted by Crippen LogP contribution is 2.26. The molecule has 0 radical (unpaired) electrons. The van der Waals surface area contributed by atoms with Gasteiger partial charge in [0.05, 0.1) is 4.90 Å². The fourth-order valence-electron chi connectivity index (χ4n) is 1.75. The summed E-state index contributed by atoms with van der Waals surface area (Å²) in [5.74, 6) is 0.412. The maximum Gasteiger partial charge on any atom is 0.161 e. The second kappa shape index (κ2) is 7.54. The number of halogens is 1. The maximum absolute atomic E-state index is 13.7. The summed E-state index contributed by atoms with van der Waals surface area (Å²) < 4.78 is 13.7. The van der Waals surface area contributed by atoms with Gasteiger partial charge in [-0.1, -0.05) is 26.0 Å². The number of carbonyl (C=O) groups excluding carboxylic acids is 1. The van der Waals surface area contributed by atoms with Gasteiger partial charge in [0.25, 0.3) is 0 Å². The number of Topliss-reactive ketones (excluding diaryl/α,β-unsaturated/α-hetero) is 1. The zero-order valence-electron chi connectivity index (χ0n) is 11.2. The number of hydrogen-bond acceptors (Lipinski definition) is 3. The molecule has 0 aliphatic rings. The zero-order chi connectivity index (χ0) is 13.5. The van der Waals surface area contributed by atoms with E-state index < -0.39 is 0 Å². The average Bonchev–Trinajstić information content (AvgIpc) is 2.36. The van der Waals surface area contributed by atoms with Crippen LogP contribution in [0.2, 0.25) is 0 Å². The first-order chi connectivity index (χ1) is 8.60. The topological polar surface area (TPSA) is 20.3 Å². The summed E-state index contributed by atoms with van der Waals surface area (Å²) in [4.78, 5) is 14.2. The normalized spacial score (nSPS) is 10.9. The summed E-state index contributed by atoms with van der Waals surface area (Å²) in [5.41, 5.74) is 0.486. The lowest BCUT2D eigenvalue weighted by atomic mass is 10.1. The van der Waals surface area contributed by atoms with Crippen LogP contribution in [-0.2, 0) is 0 Å². The molecule has 0 spiro atoms. The Bertz CT molecular complexity index is 405. The minimum Gasteiger partial charge on any atom is -0.303 e. The van der Waals surface area contributed by atoms with Crippen molar-refractivity contribution >= 4 is 17.5 Å². The molecule has 0 saturated heterocycles. The van der Waals surface area contributed by atoms with Crippen LogP contribution >= 0.6 is 11.8 Å². The van der Waals surface area contributed by atoms with Gasteiger partial charge in [0.1, 0.15) is 5.82 Å². The predicted octanol–water partition coefficient (Wildman–Crippen LogP) is 3.46. The Kier molecular flexibility index (Phi) is 6.36. The van der Waals surface area contributed by atoms with E-state index in [0.29, 0.717) is 10.5 Å². The molecule has 1 aromatic rings. The first-order valence-electron chi connectivity index (χ1n) is 6.24. The van der Waals surface area contributed by atoms with Crippen LogP contribution in [0.1, 0.15) is 31.1 Å². The van der Waals surface area contributed by atoms with Crippen molar-refractivity contribution in [1.29, 1.82) is 0 Å². The van der Waals surface area contributed by atoms with Gasteiger partial charge < -0.3 is 4.90 Å². The molecule has 0 fully saturated rings. The Morgan fingerprint density at radius 2 is 2.00 bits per heavy atom. The van der Waals surface area contributed by atoms with Crippen molar-refractivity contribution in [3.8, 4) is 0 Å². The summed E-state index contributed by atoms with van der Waals surface area (Å²) in [6.07, 6.45) is 0. The number of thioether (sulfide) groups is 1. The highest BCUT2D eigenvalue weighted by Gasteiger charge is 2.12. The molecule has 1 aromatic carbocycles. The van der Waals surface area contributed by atoms with Gasteiger partial charge in [-0.2, -0.15) is 0 Å². The SMILES string of the molecule is CCN(CC)CCSc1c(F)cccc1C(C)=O. The van der Waals surface area contributed by atoms with Crippen LogP contribution in [0.4, 0.5) is 4.39 Å². The number of carbonyl (C=O) groups is 1. The molecule has 0 unspecified atom stereocenters. The third-order valence-corrected chi connectivity index (χ3v) is 3.98. The molecule has 18 heavy (non-hydrogen) atoms. The van der Waals surface area contributed by atoms with Crippen molar-refractivity contribution in [2.45, 2.75) is 25.7 Å². The van der Waals surface area contributed by atoms with E-state index in [1.54, 1.807) is 12.1 Å². The first kappa shape index (κ1) is 15.2. The molecule has 0 N–H and O–H groups in total. The van der Waals surface area contributed by atoms with Crippen molar-refractivity contribution < 1.29 is 9.18 Å². The largest absolute Gasteiger partial charge is 0.303 e. The molecule has 100 valence electrons. The predicted molar refractivity (Wildman–Crippen MR) is 74.9 cm³/mol. The van der Waals surface area contributed by atoms with Gasteiger partial charge in [0.15, 0.2) is 5.78 Å². The molecule has 0 heterocycles. The van der Waals surface area contributed by atoms with Crippen LogP contribution in [0.15, 0.2) is 23.1 Å². The van der Waals surface area contributed by atoms with Crippen molar-refractivity contribution in [3.05, 3.63) is 29.6 Å². The smallest absolute Gasteiger partial charge is 0.161 e. The van der Waals surface area contributed by atoms with Gasteiger partial charge >= 0.3 is 0 Å². The van der Waals surface area contributed by atoms with Crippen molar-refractivity contribution in [3.63, 3.8) is 0 Å². The van der Waals surface area contributed by atoms with Gasteiger partial charge in [-0.3, -0.25) is 4.79 Å². The quantitative estimate of drug-likeness (QED) is 0.558. The van der Waals surface area contributed by atoms with E-state index in [2.05, 4.69) is 18.7 Å². The number of ketones is 1. The van der Waals surface area contributed by atoms with Gasteiger partial charge in [-0.05, 0) is 26.1 Å². The number of rotatable bonds is 7. The Hall–Kier alpha value is -0.870. The van der Waals surface area contributed by atoms with Crippen molar-refractivity contribution in [1.82, 2.24) is 4.90 Å². The Morgan fingerprint density at radius 1 is 1.33 bits per heavy atom. The van der Waals surface area contributed by atoms with Crippen LogP contribution in [0, 0.1) is 5.82 Å². The molecule has 0 aliphatic carbocycles. The lowest BCUT2D eigenvalue weighted by molar-refractivity contribution is 0.101. The van der Waals surface area contributed by atoms with E-state index in [0.717, 1.165) is 25.4 Å². The van der Waals surface area contributed by atoms with E-state index in [4.69, 9.17) is 0 Å². The molecule has 0 saturated carbocycles. The molecular formula is C14H20FNOS. The fourth-order valence-corrected chi connectivity index (χ4v) is 2.88. The second-order valence-electron chi connectivity index (χ2n) is 4.05. The van der Waals surface area contributed by atoms with E-state index in [1.807, 2.05) is 0 Å². The summed E-state index contributed by atoms with van der Waals surface area (Å²) in [6, 6.07) is 4.68. The molecule has 2 nitrogen and oxygen atoms in total. The third kappa shape index (κ3) is 4.10. The van der Waals surface area contributed by atoms with Gasteiger partial charge in [-0.25, -0.2) is 4.39 Å². The van der Waals surface area contributed by atoms with Gasteiger partial charge in [0.2, 0.25) is 0 Å². The van der Waals surface area contributed by atoms with Crippen LogP contribution in [0.5, 0.6) is 0 Å². The Balaban J connectivity index is 2.69. The highest BCUT2D eigenvalue weighted by molar-refractivity contribution is 7.99. The first-order valence-corrected chi connectivity index (χ1v) is 7.23. The van der Waals surface area contributed by atoms with Gasteiger partial charge in [0, 0.05) is 17.9 Å². The monoisotopic (exact) mass is 269 g/mol. The number of benzene rings is 1. The standard InChI is InChI=1S/C14H20FNOS/c1-4-16(5-2)9-10-18-14-12(11(3)17)7-6-8-13(14)15/h6-8H,4-5,9-10H2,1-3H3. The van der Waals surface area contributed by atoms with Gasteiger partial charge in [-0.15, -0.1) is 11.8 Å². The highest BCUT2D eigenvalue weighted by atomic mass is 32.2. The summed E-state index contributed by atoms with van der Waals surface area (Å²) in [7, 11) is 0. The Labute approximate surface area is 113 Å². The van der Waals surface area contributed by atoms with Crippen LogP contribution in [-0.4, -0.2) is 36.1 Å². The molecule has 1 rings (SSSR count). The molecule has 0 aromatic heterocycles. The number of hydrogen-bond donors (Lipinski definition) is 0. The van der Waals surface area contributed by atoms with E-state index in [-0.39, 0.29) is 11.6 Å². The minimum atomic E-state index is -0.299. The summed E-state index contributed by atoms with van der Waals surface area (Å²) in [6.45, 7) is 8.59. The molecular weight excluding hydrogens is 249 g/mol. The fraction of sp³-hybridized carbons (Fsp3) is 0.500. The molecule has 4 heteroatoms. The van der Waals surface area contributed by atoms with Crippen LogP contribution in [0.3, 0.4) is 0 Å². The zero-order valence-corrected chi connectivity index (χ0v) is 12.0. The average molecular weight is 269 g/mol. The maximum atomic E-state index is 13.7. The number of nitrogens with zero attached hydrogens (tertiary/aromatic N) is 1. The molecule has 0 atom stereocenters.